The lowest BCUT2D eigenvalue weighted by atomic mass is 10.1. The van der Waals surface area contributed by atoms with Gasteiger partial charge in [-0.05, 0) is 51.7 Å². The van der Waals surface area contributed by atoms with E-state index < -0.39 is 0 Å². The summed E-state index contributed by atoms with van der Waals surface area (Å²) in [5, 5.41) is 3.51. The number of pyridine rings is 1. The molecule has 1 atom stereocenters. The molecule has 1 aromatic heterocycles. The van der Waals surface area contributed by atoms with Crippen molar-refractivity contribution in [2.45, 2.75) is 65.1 Å². The minimum Gasteiger partial charge on any atom is -0.475 e. The van der Waals surface area contributed by atoms with Gasteiger partial charge in [0, 0.05) is 30.5 Å². The van der Waals surface area contributed by atoms with Gasteiger partial charge in [0.1, 0.15) is 6.61 Å². The second-order valence-corrected chi connectivity index (χ2v) is 6.71. The van der Waals surface area contributed by atoms with E-state index in [2.05, 4.69) is 44.1 Å². The lowest BCUT2D eigenvalue weighted by Crippen LogP contribution is -2.35. The number of rotatable bonds is 6. The summed E-state index contributed by atoms with van der Waals surface area (Å²) in [5.74, 6) is 0.718. The minimum absolute atomic E-state index is 0.106. The molecule has 4 heteroatoms. The zero-order valence-corrected chi connectivity index (χ0v) is 13.7. The van der Waals surface area contributed by atoms with E-state index in [0.717, 1.165) is 44.0 Å². The highest BCUT2D eigenvalue weighted by atomic mass is 16.5. The molecule has 2 heterocycles. The molecule has 1 aromatic rings. The number of hydrogen-bond donors (Lipinski definition) is 1. The van der Waals surface area contributed by atoms with Crippen LogP contribution >= 0.6 is 0 Å². The van der Waals surface area contributed by atoms with Crippen LogP contribution in [0.5, 0.6) is 5.88 Å². The molecule has 0 amide bonds. The largest absolute Gasteiger partial charge is 0.475 e. The zero-order chi connectivity index (χ0) is 15.3. The van der Waals surface area contributed by atoms with Gasteiger partial charge in [0.05, 0.1) is 6.10 Å². The maximum Gasteiger partial charge on any atom is 0.213 e. The first-order chi connectivity index (χ1) is 9.96. The molecule has 21 heavy (non-hydrogen) atoms. The number of aryl methyl sites for hydroxylation is 1. The number of nitrogens with one attached hydrogen (secondary N) is 1. The molecule has 4 nitrogen and oxygen atoms in total. The van der Waals surface area contributed by atoms with Gasteiger partial charge in [0.15, 0.2) is 0 Å². The Morgan fingerprint density at radius 1 is 1.38 bits per heavy atom. The zero-order valence-electron chi connectivity index (χ0n) is 13.7. The minimum atomic E-state index is 0.106. The predicted octanol–water partition coefficient (Wildman–Crippen LogP) is 3.09. The van der Waals surface area contributed by atoms with E-state index in [-0.39, 0.29) is 11.6 Å². The molecule has 1 unspecified atom stereocenters. The number of nitrogens with zero attached hydrogens (tertiary/aromatic N) is 1. The first kappa shape index (κ1) is 16.2. The lowest BCUT2D eigenvalue weighted by molar-refractivity contribution is 0.0662. The Labute approximate surface area is 128 Å². The van der Waals surface area contributed by atoms with Crippen LogP contribution < -0.4 is 10.1 Å². The molecule has 1 N–H and O–H groups in total. The van der Waals surface area contributed by atoms with Crippen molar-refractivity contribution >= 4 is 0 Å². The molecule has 0 spiro atoms. The fourth-order valence-electron chi connectivity index (χ4n) is 2.30. The monoisotopic (exact) mass is 292 g/mol. The number of aromatic nitrogens is 1. The van der Waals surface area contributed by atoms with Gasteiger partial charge >= 0.3 is 0 Å². The van der Waals surface area contributed by atoms with Crippen LogP contribution in [0.1, 0.15) is 51.8 Å². The van der Waals surface area contributed by atoms with Crippen LogP contribution in [0.25, 0.3) is 0 Å². The summed E-state index contributed by atoms with van der Waals surface area (Å²) in [6, 6.07) is 4.19. The highest BCUT2D eigenvalue weighted by molar-refractivity contribution is 5.25. The Hall–Kier alpha value is -1.13. The van der Waals surface area contributed by atoms with Crippen LogP contribution in [-0.2, 0) is 17.7 Å². The third kappa shape index (κ3) is 5.64. The Morgan fingerprint density at radius 3 is 2.81 bits per heavy atom. The summed E-state index contributed by atoms with van der Waals surface area (Å²) >= 11 is 0. The summed E-state index contributed by atoms with van der Waals surface area (Å²) in [7, 11) is 0. The highest BCUT2D eigenvalue weighted by Crippen LogP contribution is 2.17. The molecule has 0 radical (unpaired) electrons. The Kier molecular flexibility index (Phi) is 5.59. The molecule has 0 aliphatic carbocycles. The van der Waals surface area contributed by atoms with Crippen LogP contribution in [0.4, 0.5) is 0 Å². The van der Waals surface area contributed by atoms with Gasteiger partial charge in [-0.3, -0.25) is 0 Å². The van der Waals surface area contributed by atoms with Crippen LogP contribution in [0.2, 0.25) is 0 Å². The van der Waals surface area contributed by atoms with E-state index in [0.29, 0.717) is 6.61 Å². The van der Waals surface area contributed by atoms with Gasteiger partial charge < -0.3 is 14.8 Å². The van der Waals surface area contributed by atoms with Crippen molar-refractivity contribution in [3.05, 3.63) is 23.4 Å². The van der Waals surface area contributed by atoms with Crippen LogP contribution in [0.15, 0.2) is 12.1 Å². The summed E-state index contributed by atoms with van der Waals surface area (Å²) < 4.78 is 11.4. The first-order valence-corrected chi connectivity index (χ1v) is 7.95. The average molecular weight is 292 g/mol. The van der Waals surface area contributed by atoms with Crippen molar-refractivity contribution < 1.29 is 9.47 Å². The maximum absolute atomic E-state index is 5.84. The quantitative estimate of drug-likeness (QED) is 0.875. The highest BCUT2D eigenvalue weighted by Gasteiger charge is 2.16. The predicted molar refractivity (Wildman–Crippen MR) is 84.7 cm³/mol. The molecule has 1 aliphatic rings. The summed E-state index contributed by atoms with van der Waals surface area (Å²) in [5.41, 5.74) is 2.40. The van der Waals surface area contributed by atoms with Crippen molar-refractivity contribution in [1.82, 2.24) is 10.3 Å². The molecule has 0 bridgehead atoms. The molecule has 1 saturated heterocycles. The molecular formula is C17H28N2O2. The first-order valence-electron chi connectivity index (χ1n) is 7.95. The fraction of sp³-hybridized carbons (Fsp3) is 0.706. The molecule has 118 valence electrons. The van der Waals surface area contributed by atoms with Crippen molar-refractivity contribution in [2.75, 3.05) is 13.2 Å². The van der Waals surface area contributed by atoms with Gasteiger partial charge in [0.25, 0.3) is 0 Å². The Balaban J connectivity index is 1.98. The van der Waals surface area contributed by atoms with Crippen LogP contribution in [-0.4, -0.2) is 29.8 Å². The van der Waals surface area contributed by atoms with Gasteiger partial charge in [-0.25, -0.2) is 4.98 Å². The second-order valence-electron chi connectivity index (χ2n) is 6.71. The average Bonchev–Trinajstić information content (AvgIpc) is 2.95. The number of ether oxygens (including phenoxy) is 2. The second kappa shape index (κ2) is 7.23. The van der Waals surface area contributed by atoms with E-state index in [1.165, 1.54) is 5.56 Å². The molecule has 0 aromatic carbocycles. The van der Waals surface area contributed by atoms with Gasteiger partial charge in [-0.2, -0.15) is 0 Å². The van der Waals surface area contributed by atoms with Crippen LogP contribution in [0, 0.1) is 0 Å². The van der Waals surface area contributed by atoms with Crippen molar-refractivity contribution in [3.8, 4) is 5.88 Å². The Bertz CT molecular complexity index is 449. The van der Waals surface area contributed by atoms with Gasteiger partial charge in [0.2, 0.25) is 5.88 Å². The van der Waals surface area contributed by atoms with Crippen molar-refractivity contribution in [1.29, 1.82) is 0 Å². The van der Waals surface area contributed by atoms with E-state index in [4.69, 9.17) is 9.47 Å². The molecule has 1 aliphatic heterocycles. The van der Waals surface area contributed by atoms with Crippen LogP contribution in [0.3, 0.4) is 0 Å². The third-order valence-electron chi connectivity index (χ3n) is 3.54. The van der Waals surface area contributed by atoms with E-state index in [1.54, 1.807) is 0 Å². The van der Waals surface area contributed by atoms with Crippen molar-refractivity contribution in [2.24, 2.45) is 0 Å². The van der Waals surface area contributed by atoms with E-state index in [9.17, 15) is 0 Å². The van der Waals surface area contributed by atoms with Gasteiger partial charge in [-0.15, -0.1) is 0 Å². The lowest BCUT2D eigenvalue weighted by Gasteiger charge is -2.21. The van der Waals surface area contributed by atoms with Gasteiger partial charge in [-0.1, -0.05) is 6.92 Å². The SMILES string of the molecule is CCc1cc(CNC(C)(C)C)cc(OCC2CCCO2)n1. The standard InChI is InChI=1S/C17H28N2O2/c1-5-14-9-13(11-18-17(2,3)4)10-16(19-14)21-12-15-7-6-8-20-15/h9-10,15,18H,5-8,11-12H2,1-4H3. The normalized spacial score (nSPS) is 19.0. The molecular weight excluding hydrogens is 264 g/mol. The topological polar surface area (TPSA) is 43.4 Å². The maximum atomic E-state index is 5.84. The summed E-state index contributed by atoms with van der Waals surface area (Å²) in [4.78, 5) is 4.55. The van der Waals surface area contributed by atoms with E-state index >= 15 is 0 Å². The smallest absolute Gasteiger partial charge is 0.213 e. The summed E-state index contributed by atoms with van der Waals surface area (Å²) in [6.07, 6.45) is 3.37. The molecule has 0 saturated carbocycles. The molecule has 2 rings (SSSR count). The molecule has 1 fully saturated rings. The third-order valence-corrected chi connectivity index (χ3v) is 3.54. The van der Waals surface area contributed by atoms with Crippen molar-refractivity contribution in [3.63, 3.8) is 0 Å². The van der Waals surface area contributed by atoms with E-state index in [1.807, 2.05) is 6.07 Å². The number of hydrogen-bond acceptors (Lipinski definition) is 4. The fourth-order valence-corrected chi connectivity index (χ4v) is 2.30. The summed E-state index contributed by atoms with van der Waals surface area (Å²) in [6.45, 7) is 10.9. The Morgan fingerprint density at radius 2 is 2.19 bits per heavy atom.